The molecule has 2 aliphatic rings. The van der Waals surface area contributed by atoms with Crippen LogP contribution in [-0.4, -0.2) is 63.3 Å². The van der Waals surface area contributed by atoms with Gasteiger partial charge in [0.05, 0.1) is 12.7 Å². The van der Waals surface area contributed by atoms with Crippen LogP contribution in [0.2, 0.25) is 0 Å². The van der Waals surface area contributed by atoms with Crippen molar-refractivity contribution in [1.29, 1.82) is 0 Å². The Bertz CT molecular complexity index is 616. The van der Waals surface area contributed by atoms with Crippen LogP contribution in [0.5, 0.6) is 0 Å². The maximum Gasteiger partial charge on any atom is 0.205 e. The molecular weight excluding hydrogens is 324 g/mol. The Hall–Kier alpha value is -1.46. The molecule has 1 saturated carbocycles. The van der Waals surface area contributed by atoms with Gasteiger partial charge in [0.15, 0.2) is 0 Å². The average molecular weight is 348 g/mol. The van der Waals surface area contributed by atoms with E-state index in [-0.39, 0.29) is 6.10 Å². The van der Waals surface area contributed by atoms with Gasteiger partial charge in [-0.1, -0.05) is 42.9 Å². The molecule has 0 unspecified atom stereocenters. The molecule has 1 heterocycles. The van der Waals surface area contributed by atoms with E-state index < -0.39 is 36.8 Å². The number of ether oxygens (including phenoxy) is 2. The highest BCUT2D eigenvalue weighted by Crippen LogP contribution is 2.34. The number of aliphatic hydroxyl groups is 4. The Morgan fingerprint density at radius 3 is 2.48 bits per heavy atom. The maximum absolute atomic E-state index is 11.0. The van der Waals surface area contributed by atoms with Crippen LogP contribution in [0.25, 0.3) is 0 Å². The van der Waals surface area contributed by atoms with Crippen molar-refractivity contribution >= 4 is 0 Å². The van der Waals surface area contributed by atoms with Crippen molar-refractivity contribution in [2.45, 2.75) is 62.0 Å². The van der Waals surface area contributed by atoms with Gasteiger partial charge in [-0.25, -0.2) is 0 Å². The Balaban J connectivity index is 1.88. The van der Waals surface area contributed by atoms with Gasteiger partial charge >= 0.3 is 0 Å². The van der Waals surface area contributed by atoms with Crippen molar-refractivity contribution in [2.75, 3.05) is 6.61 Å². The molecule has 4 N–H and O–H groups in total. The molecule has 6 nitrogen and oxygen atoms in total. The van der Waals surface area contributed by atoms with E-state index in [0.717, 1.165) is 25.7 Å². The van der Waals surface area contributed by atoms with Crippen molar-refractivity contribution in [1.82, 2.24) is 0 Å². The third kappa shape index (κ3) is 3.87. The molecule has 0 spiro atoms. The summed E-state index contributed by atoms with van der Waals surface area (Å²) in [7, 11) is 0. The zero-order valence-corrected chi connectivity index (χ0v) is 13.9. The lowest BCUT2D eigenvalue weighted by molar-refractivity contribution is -0.332. The first-order chi connectivity index (χ1) is 12.0. The predicted molar refractivity (Wildman–Crippen MR) is 89.4 cm³/mol. The summed E-state index contributed by atoms with van der Waals surface area (Å²) < 4.78 is 11.4. The molecule has 1 aromatic rings. The molecule has 1 saturated heterocycles. The third-order valence-electron chi connectivity index (χ3n) is 4.79. The molecular formula is C19H24O6. The first kappa shape index (κ1) is 18.3. The molecule has 3 rings (SSSR count). The lowest BCUT2D eigenvalue weighted by Gasteiger charge is -2.45. The summed E-state index contributed by atoms with van der Waals surface area (Å²) in [5, 5.41) is 40.9. The van der Waals surface area contributed by atoms with Gasteiger partial charge in [0.2, 0.25) is 11.9 Å². The quantitative estimate of drug-likeness (QED) is 0.581. The predicted octanol–water partition coefficient (Wildman–Crippen LogP) is 0.167. The number of aliphatic hydroxyl groups excluding tert-OH is 3. The average Bonchev–Trinajstić information content (AvgIpc) is 3.15. The van der Waals surface area contributed by atoms with Crippen LogP contribution in [0.4, 0.5) is 0 Å². The largest absolute Gasteiger partial charge is 0.394 e. The molecule has 2 fully saturated rings. The lowest BCUT2D eigenvalue weighted by atomic mass is 9.86. The monoisotopic (exact) mass is 348 g/mol. The van der Waals surface area contributed by atoms with Crippen LogP contribution in [0.15, 0.2) is 30.3 Å². The van der Waals surface area contributed by atoms with Crippen molar-refractivity contribution in [3.05, 3.63) is 35.9 Å². The van der Waals surface area contributed by atoms with E-state index >= 15 is 0 Å². The molecule has 1 aromatic carbocycles. The fourth-order valence-corrected chi connectivity index (χ4v) is 3.26. The van der Waals surface area contributed by atoms with Crippen LogP contribution >= 0.6 is 0 Å². The van der Waals surface area contributed by atoms with Crippen molar-refractivity contribution in [3.8, 4) is 11.8 Å². The van der Waals surface area contributed by atoms with Gasteiger partial charge in [-0.15, -0.1) is 0 Å². The van der Waals surface area contributed by atoms with E-state index in [1.807, 2.05) is 18.2 Å². The molecule has 0 aromatic heterocycles. The van der Waals surface area contributed by atoms with Gasteiger partial charge in [0.25, 0.3) is 0 Å². The first-order valence-corrected chi connectivity index (χ1v) is 8.63. The smallest absolute Gasteiger partial charge is 0.205 e. The van der Waals surface area contributed by atoms with Gasteiger partial charge in [-0.05, 0) is 25.0 Å². The molecule has 5 atom stereocenters. The number of benzene rings is 1. The SMILES string of the molecule is OC[C@H]1O[C@H](OC2CCCC2)[C@](O)(C#Cc2ccccc2)[C@@H](O)[C@@H]1O. The van der Waals surface area contributed by atoms with Crippen molar-refractivity contribution < 1.29 is 29.9 Å². The van der Waals surface area contributed by atoms with Gasteiger partial charge < -0.3 is 29.9 Å². The van der Waals surface area contributed by atoms with Gasteiger partial charge in [0, 0.05) is 5.56 Å². The van der Waals surface area contributed by atoms with Crippen LogP contribution in [-0.2, 0) is 9.47 Å². The molecule has 0 amide bonds. The van der Waals surface area contributed by atoms with Gasteiger partial charge in [0.1, 0.15) is 18.3 Å². The third-order valence-corrected chi connectivity index (χ3v) is 4.79. The van der Waals surface area contributed by atoms with Crippen LogP contribution in [0.3, 0.4) is 0 Å². The van der Waals surface area contributed by atoms with E-state index in [1.54, 1.807) is 12.1 Å². The second kappa shape index (κ2) is 7.83. The van der Waals surface area contributed by atoms with E-state index in [4.69, 9.17) is 9.47 Å². The summed E-state index contributed by atoms with van der Waals surface area (Å²) in [6, 6.07) is 9.01. The van der Waals surface area contributed by atoms with E-state index in [0.29, 0.717) is 5.56 Å². The van der Waals surface area contributed by atoms with Crippen LogP contribution in [0, 0.1) is 11.8 Å². The van der Waals surface area contributed by atoms with Crippen LogP contribution < -0.4 is 0 Å². The van der Waals surface area contributed by atoms with Crippen molar-refractivity contribution in [2.24, 2.45) is 0 Å². The minimum absolute atomic E-state index is 0.100. The van der Waals surface area contributed by atoms with Crippen molar-refractivity contribution in [3.63, 3.8) is 0 Å². The second-order valence-corrected chi connectivity index (χ2v) is 6.61. The Morgan fingerprint density at radius 2 is 1.84 bits per heavy atom. The zero-order valence-electron chi connectivity index (χ0n) is 13.9. The first-order valence-electron chi connectivity index (χ1n) is 8.63. The van der Waals surface area contributed by atoms with E-state index in [9.17, 15) is 20.4 Å². The standard InChI is InChI=1S/C19H24O6/c20-12-15-16(21)17(22)19(23,11-10-13-6-2-1-3-7-13)18(25-15)24-14-8-4-5-9-14/h1-3,6-7,14-18,20-23H,4-5,8-9,12H2/t15-,16-,17+,18+,19+/m1/s1. The Labute approximate surface area is 147 Å². The summed E-state index contributed by atoms with van der Waals surface area (Å²) >= 11 is 0. The topological polar surface area (TPSA) is 99.4 Å². The molecule has 136 valence electrons. The van der Waals surface area contributed by atoms with E-state index in [1.165, 1.54) is 0 Å². The molecule has 1 aliphatic carbocycles. The normalized spacial score (nSPS) is 36.0. The molecule has 6 heteroatoms. The summed E-state index contributed by atoms with van der Waals surface area (Å²) in [5.74, 6) is 5.43. The number of hydrogen-bond donors (Lipinski definition) is 4. The Morgan fingerprint density at radius 1 is 1.16 bits per heavy atom. The fraction of sp³-hybridized carbons (Fsp3) is 0.579. The highest BCUT2D eigenvalue weighted by atomic mass is 16.7. The summed E-state index contributed by atoms with van der Waals surface area (Å²) in [4.78, 5) is 0. The molecule has 0 radical (unpaired) electrons. The molecule has 0 bridgehead atoms. The maximum atomic E-state index is 11.0. The number of rotatable bonds is 3. The highest BCUT2D eigenvalue weighted by molar-refractivity contribution is 5.37. The summed E-state index contributed by atoms with van der Waals surface area (Å²) in [5.41, 5.74) is -1.44. The molecule has 25 heavy (non-hydrogen) atoms. The molecule has 1 aliphatic heterocycles. The minimum atomic E-state index is -2.09. The zero-order chi connectivity index (χ0) is 17.9. The Kier molecular flexibility index (Phi) is 5.74. The second-order valence-electron chi connectivity index (χ2n) is 6.61. The summed E-state index contributed by atoms with van der Waals surface area (Å²) in [6.07, 6.45) is -1.75. The van der Waals surface area contributed by atoms with Gasteiger partial charge in [-0.3, -0.25) is 0 Å². The highest BCUT2D eigenvalue weighted by Gasteiger charge is 2.55. The van der Waals surface area contributed by atoms with E-state index in [2.05, 4.69) is 11.8 Å². The lowest BCUT2D eigenvalue weighted by Crippen LogP contribution is -2.67. The summed E-state index contributed by atoms with van der Waals surface area (Å²) in [6.45, 7) is -0.495. The van der Waals surface area contributed by atoms with Crippen LogP contribution in [0.1, 0.15) is 31.2 Å². The fourth-order valence-electron chi connectivity index (χ4n) is 3.26. The van der Waals surface area contributed by atoms with Gasteiger partial charge in [-0.2, -0.15) is 0 Å². The minimum Gasteiger partial charge on any atom is -0.394 e. The number of hydrogen-bond acceptors (Lipinski definition) is 6.